The van der Waals surface area contributed by atoms with Crippen LogP contribution in [0.3, 0.4) is 0 Å². The first-order chi connectivity index (χ1) is 4.70. The van der Waals surface area contributed by atoms with Crippen LogP contribution < -0.4 is 0 Å². The molecule has 0 saturated heterocycles. The molecule has 0 amide bonds. The van der Waals surface area contributed by atoms with Crippen molar-refractivity contribution in [3.63, 3.8) is 0 Å². The van der Waals surface area contributed by atoms with Crippen LogP contribution in [0.1, 0.15) is 6.42 Å². The van der Waals surface area contributed by atoms with Gasteiger partial charge in [0.05, 0.1) is 0 Å². The van der Waals surface area contributed by atoms with Gasteiger partial charge in [0.25, 0.3) is 0 Å². The molecule has 0 N–H and O–H groups in total. The van der Waals surface area contributed by atoms with E-state index in [-0.39, 0.29) is 37.2 Å². The Morgan fingerprint density at radius 2 is 1.85 bits per heavy atom. The maximum Gasteiger partial charge on any atom is -0.147 e. The van der Waals surface area contributed by atoms with Crippen molar-refractivity contribution in [2.75, 3.05) is 20.6 Å². The van der Waals surface area contributed by atoms with Gasteiger partial charge < -0.3 is 0 Å². The Hall–Kier alpha value is 1.18. The smallest absolute Gasteiger partial charge is 0.147 e. The van der Waals surface area contributed by atoms with Crippen LogP contribution in [0.25, 0.3) is 0 Å². The van der Waals surface area contributed by atoms with Gasteiger partial charge in [-0.3, -0.25) is 0 Å². The fourth-order valence-electron chi connectivity index (χ4n) is 1.04. The largest absolute Gasteiger partial charge is 0.147 e. The molecule has 0 fully saturated rings. The first-order valence-electron chi connectivity index (χ1n) is 3.45. The third kappa shape index (κ3) is 7.15. The average Bonchev–Trinajstić information content (AvgIpc) is 2.15. The van der Waals surface area contributed by atoms with Crippen molar-refractivity contribution in [3.05, 3.63) is 21.1 Å². The molecular weight excluding hydrogens is 395 g/mol. The molecule has 0 aromatic carbocycles. The van der Waals surface area contributed by atoms with Crippen molar-refractivity contribution in [2.45, 2.75) is 6.42 Å². The number of allylic oxidation sites excluding steroid dienone is 2. The second kappa shape index (κ2) is 9.72. The van der Waals surface area contributed by atoms with Crippen molar-refractivity contribution >= 4 is 37.2 Å². The van der Waals surface area contributed by atoms with Crippen LogP contribution in [-0.2, 0) is 24.4 Å². The molecule has 0 spiro atoms. The Morgan fingerprint density at radius 3 is 2.15 bits per heavy atom. The SMILES string of the molecule is CN(C)CC1=[C]([Hf])CC=C1.Cl.Cl.Cl. The maximum atomic E-state index is 2.27. The van der Waals surface area contributed by atoms with Gasteiger partial charge in [0, 0.05) is 0 Å². The number of hydrogen-bond donors (Lipinski definition) is 0. The molecule has 1 aliphatic rings. The Morgan fingerprint density at radius 1 is 1.31 bits per heavy atom. The van der Waals surface area contributed by atoms with E-state index >= 15 is 0 Å². The topological polar surface area (TPSA) is 3.24 Å². The zero-order valence-corrected chi connectivity index (χ0v) is 13.8. The monoisotopic (exact) mass is 410 g/mol. The second-order valence-electron chi connectivity index (χ2n) is 2.85. The molecule has 13 heavy (non-hydrogen) atoms. The van der Waals surface area contributed by atoms with E-state index in [0.29, 0.717) is 0 Å². The molecule has 77 valence electrons. The standard InChI is InChI=1S/C8H12N.3ClH.Hf/c1-9(2)7-8-5-3-4-6-8;;;;/h3,5H,4,7H2,1-2H3;3*1H;. The first-order valence-corrected chi connectivity index (χ1v) is 5.24. The van der Waals surface area contributed by atoms with Crippen LogP contribution in [0.2, 0.25) is 0 Å². The van der Waals surface area contributed by atoms with E-state index in [4.69, 9.17) is 0 Å². The minimum absolute atomic E-state index is 0. The molecule has 0 saturated carbocycles. The molecule has 5 heteroatoms. The van der Waals surface area contributed by atoms with Crippen LogP contribution in [0.15, 0.2) is 21.1 Å². The number of hydrogen-bond acceptors (Lipinski definition) is 1. The molecular formula is C8H15Cl3HfN. The van der Waals surface area contributed by atoms with Crippen LogP contribution in [0, 0.1) is 0 Å². The summed E-state index contributed by atoms with van der Waals surface area (Å²) >= 11 is 1.23. The van der Waals surface area contributed by atoms with E-state index in [9.17, 15) is 0 Å². The third-order valence-corrected chi connectivity index (χ3v) is 3.40. The van der Waals surface area contributed by atoms with Gasteiger partial charge in [-0.1, -0.05) is 0 Å². The number of halogens is 3. The fraction of sp³-hybridized carbons (Fsp3) is 0.500. The van der Waals surface area contributed by atoms with Gasteiger partial charge in [-0.25, -0.2) is 0 Å². The molecule has 0 bridgehead atoms. The van der Waals surface area contributed by atoms with Crippen molar-refractivity contribution in [2.24, 2.45) is 0 Å². The van der Waals surface area contributed by atoms with Gasteiger partial charge in [0.15, 0.2) is 0 Å². The zero-order valence-electron chi connectivity index (χ0n) is 7.74. The molecule has 0 aromatic heterocycles. The summed E-state index contributed by atoms with van der Waals surface area (Å²) in [5.41, 5.74) is 1.55. The summed E-state index contributed by atoms with van der Waals surface area (Å²) < 4.78 is 1.66. The van der Waals surface area contributed by atoms with Crippen molar-refractivity contribution < 1.29 is 24.4 Å². The van der Waals surface area contributed by atoms with E-state index in [1.165, 1.54) is 30.8 Å². The maximum absolute atomic E-state index is 2.27. The predicted molar refractivity (Wildman–Crippen MR) is 61.1 cm³/mol. The summed E-state index contributed by atoms with van der Waals surface area (Å²) in [5, 5.41) is 0. The van der Waals surface area contributed by atoms with Gasteiger partial charge in [-0.2, -0.15) is 0 Å². The first kappa shape index (κ1) is 19.7. The van der Waals surface area contributed by atoms with E-state index in [1.54, 1.807) is 8.90 Å². The summed E-state index contributed by atoms with van der Waals surface area (Å²) in [5.74, 6) is 0. The van der Waals surface area contributed by atoms with E-state index in [0.717, 1.165) is 6.54 Å². The van der Waals surface area contributed by atoms with Gasteiger partial charge in [-0.15, -0.1) is 37.2 Å². The van der Waals surface area contributed by atoms with Crippen molar-refractivity contribution in [1.29, 1.82) is 0 Å². The molecule has 0 aliphatic heterocycles. The fourth-order valence-corrected chi connectivity index (χ4v) is 2.05. The van der Waals surface area contributed by atoms with E-state index < -0.39 is 0 Å². The quantitative estimate of drug-likeness (QED) is 0.633. The molecule has 0 radical (unpaired) electrons. The van der Waals surface area contributed by atoms with Gasteiger partial charge in [-0.05, 0) is 0 Å². The van der Waals surface area contributed by atoms with Crippen molar-refractivity contribution in [3.8, 4) is 0 Å². The number of likely N-dealkylation sites (N-methyl/N-ethyl adjacent to an activating group) is 1. The van der Waals surface area contributed by atoms with E-state index in [2.05, 4.69) is 31.1 Å². The summed E-state index contributed by atoms with van der Waals surface area (Å²) in [6, 6.07) is 0. The van der Waals surface area contributed by atoms with Gasteiger partial charge in [0.2, 0.25) is 0 Å². The number of rotatable bonds is 2. The summed E-state index contributed by atoms with van der Waals surface area (Å²) in [6.45, 7) is 1.12. The molecule has 0 atom stereocenters. The van der Waals surface area contributed by atoms with Gasteiger partial charge in [0.1, 0.15) is 0 Å². The summed E-state index contributed by atoms with van der Waals surface area (Å²) in [4.78, 5) is 2.23. The average molecular weight is 410 g/mol. The van der Waals surface area contributed by atoms with Crippen molar-refractivity contribution in [1.82, 2.24) is 4.90 Å². The predicted octanol–water partition coefficient (Wildman–Crippen LogP) is 2.57. The van der Waals surface area contributed by atoms with Crippen LogP contribution >= 0.6 is 37.2 Å². The summed E-state index contributed by atoms with van der Waals surface area (Å²) in [7, 11) is 4.24. The van der Waals surface area contributed by atoms with Crippen LogP contribution in [0.5, 0.6) is 0 Å². The second-order valence-corrected chi connectivity index (χ2v) is 5.02. The third-order valence-electron chi connectivity index (χ3n) is 1.52. The number of nitrogens with zero attached hydrogens (tertiary/aromatic N) is 1. The molecule has 1 nitrogen and oxygen atoms in total. The minimum atomic E-state index is 0. The Kier molecular flexibility index (Phi) is 14.7. The van der Waals surface area contributed by atoms with Gasteiger partial charge >= 0.3 is 77.4 Å². The Bertz CT molecular complexity index is 190. The molecule has 0 heterocycles. The molecule has 0 aromatic rings. The normalized spacial score (nSPS) is 13.4. The molecule has 1 aliphatic carbocycles. The molecule has 1 rings (SSSR count). The van der Waals surface area contributed by atoms with E-state index in [1.807, 2.05) is 0 Å². The Labute approximate surface area is 114 Å². The van der Waals surface area contributed by atoms with Crippen LogP contribution in [0.4, 0.5) is 0 Å². The minimum Gasteiger partial charge on any atom is -0.147 e. The van der Waals surface area contributed by atoms with Crippen LogP contribution in [-0.4, -0.2) is 25.5 Å². The summed E-state index contributed by atoms with van der Waals surface area (Å²) in [6.07, 6.45) is 5.75. The zero-order chi connectivity index (χ0) is 7.56. The molecule has 0 unspecified atom stereocenters. The Balaban J connectivity index is -0.000000333.